The van der Waals surface area contributed by atoms with Gasteiger partial charge in [0.1, 0.15) is 0 Å². The molecule has 0 radical (unpaired) electrons. The molecule has 0 bridgehead atoms. The summed E-state index contributed by atoms with van der Waals surface area (Å²) in [5, 5.41) is 0. The number of ether oxygens (including phenoxy) is 2. The number of imidazole rings is 1. The Labute approximate surface area is 72.1 Å². The summed E-state index contributed by atoms with van der Waals surface area (Å²) in [4.78, 5) is 3.92. The maximum atomic E-state index is 5.29. The van der Waals surface area contributed by atoms with E-state index in [0.29, 0.717) is 13.2 Å². The third kappa shape index (κ3) is 2.64. The third-order valence-corrected chi connectivity index (χ3v) is 1.53. The van der Waals surface area contributed by atoms with Crippen molar-refractivity contribution in [3.8, 4) is 0 Å². The van der Waals surface area contributed by atoms with Gasteiger partial charge in [-0.25, -0.2) is 4.98 Å². The van der Waals surface area contributed by atoms with Crippen molar-refractivity contribution < 1.29 is 9.47 Å². The molecule has 0 amide bonds. The van der Waals surface area contributed by atoms with Crippen LogP contribution < -0.4 is 0 Å². The summed E-state index contributed by atoms with van der Waals surface area (Å²) in [5.74, 6) is 0. The van der Waals surface area contributed by atoms with Crippen LogP contribution in [0.4, 0.5) is 0 Å². The van der Waals surface area contributed by atoms with Crippen molar-refractivity contribution in [2.75, 3.05) is 13.7 Å². The van der Waals surface area contributed by atoms with Gasteiger partial charge in [0.2, 0.25) is 0 Å². The molecule has 0 unspecified atom stereocenters. The van der Waals surface area contributed by atoms with E-state index in [9.17, 15) is 0 Å². The average molecular weight is 170 g/mol. The lowest BCUT2D eigenvalue weighted by atomic mass is 10.6. The van der Waals surface area contributed by atoms with Crippen LogP contribution in [0.1, 0.15) is 6.92 Å². The van der Waals surface area contributed by atoms with Gasteiger partial charge in [-0.1, -0.05) is 0 Å². The predicted molar refractivity (Wildman–Crippen MR) is 44.7 cm³/mol. The Balaban J connectivity index is 2.37. The molecule has 12 heavy (non-hydrogen) atoms. The molecular formula is C8H14N2O2. The maximum Gasteiger partial charge on any atom is 0.174 e. The molecule has 0 saturated heterocycles. The Morgan fingerprint density at radius 1 is 1.58 bits per heavy atom. The lowest BCUT2D eigenvalue weighted by molar-refractivity contribution is -0.128. The molecule has 0 aliphatic heterocycles. The smallest absolute Gasteiger partial charge is 0.174 e. The van der Waals surface area contributed by atoms with Crippen LogP contribution in [0.15, 0.2) is 18.7 Å². The molecule has 1 aromatic heterocycles. The van der Waals surface area contributed by atoms with Crippen molar-refractivity contribution in [3.05, 3.63) is 18.7 Å². The van der Waals surface area contributed by atoms with Gasteiger partial charge in [0.05, 0.1) is 12.9 Å². The minimum absolute atomic E-state index is 0.177. The molecular weight excluding hydrogens is 156 g/mol. The first-order valence-electron chi connectivity index (χ1n) is 3.97. The Bertz CT molecular complexity index is 199. The van der Waals surface area contributed by atoms with Gasteiger partial charge in [0.15, 0.2) is 6.29 Å². The van der Waals surface area contributed by atoms with E-state index >= 15 is 0 Å². The van der Waals surface area contributed by atoms with Crippen LogP contribution >= 0.6 is 0 Å². The second-order valence-electron chi connectivity index (χ2n) is 2.38. The van der Waals surface area contributed by atoms with Crippen LogP contribution in [0.25, 0.3) is 0 Å². The van der Waals surface area contributed by atoms with E-state index in [1.54, 1.807) is 19.6 Å². The number of aromatic nitrogens is 2. The summed E-state index contributed by atoms with van der Waals surface area (Å²) in [6, 6.07) is 0. The highest BCUT2D eigenvalue weighted by molar-refractivity contribution is 4.74. The van der Waals surface area contributed by atoms with Crippen molar-refractivity contribution in [2.45, 2.75) is 19.8 Å². The number of hydrogen-bond donors (Lipinski definition) is 0. The molecule has 1 aromatic rings. The van der Waals surface area contributed by atoms with Crippen LogP contribution in [0.3, 0.4) is 0 Å². The van der Waals surface area contributed by atoms with Gasteiger partial charge in [-0.15, -0.1) is 0 Å². The highest BCUT2D eigenvalue weighted by Crippen LogP contribution is 1.97. The fraction of sp³-hybridized carbons (Fsp3) is 0.625. The Kier molecular flexibility index (Phi) is 3.76. The molecule has 0 aliphatic carbocycles. The molecule has 0 spiro atoms. The molecule has 68 valence electrons. The van der Waals surface area contributed by atoms with Crippen LogP contribution in [-0.4, -0.2) is 29.6 Å². The van der Waals surface area contributed by atoms with Gasteiger partial charge in [0.25, 0.3) is 0 Å². The van der Waals surface area contributed by atoms with Crippen LogP contribution in [-0.2, 0) is 16.0 Å². The first kappa shape index (κ1) is 9.22. The largest absolute Gasteiger partial charge is 0.354 e. The SMILES string of the molecule is CCO[C@@H](Cn1ccnc1)OC. The molecule has 0 aliphatic rings. The average Bonchev–Trinajstić information content (AvgIpc) is 2.56. The molecule has 0 saturated carbocycles. The fourth-order valence-corrected chi connectivity index (χ4v) is 0.948. The van der Waals surface area contributed by atoms with Gasteiger partial charge in [-0.2, -0.15) is 0 Å². The van der Waals surface area contributed by atoms with E-state index in [2.05, 4.69) is 4.98 Å². The number of methoxy groups -OCH3 is 1. The maximum absolute atomic E-state index is 5.29. The summed E-state index contributed by atoms with van der Waals surface area (Å²) >= 11 is 0. The van der Waals surface area contributed by atoms with Gasteiger partial charge in [-0.3, -0.25) is 0 Å². The monoisotopic (exact) mass is 170 g/mol. The van der Waals surface area contributed by atoms with Crippen molar-refractivity contribution in [1.82, 2.24) is 9.55 Å². The molecule has 1 atom stereocenters. The fourth-order valence-electron chi connectivity index (χ4n) is 0.948. The van der Waals surface area contributed by atoms with Crippen molar-refractivity contribution in [2.24, 2.45) is 0 Å². The molecule has 0 N–H and O–H groups in total. The summed E-state index contributed by atoms with van der Waals surface area (Å²) in [7, 11) is 1.64. The van der Waals surface area contributed by atoms with Crippen LogP contribution in [0.2, 0.25) is 0 Å². The topological polar surface area (TPSA) is 36.3 Å². The predicted octanol–water partition coefficient (Wildman–Crippen LogP) is 0.892. The second-order valence-corrected chi connectivity index (χ2v) is 2.38. The summed E-state index contributed by atoms with van der Waals surface area (Å²) < 4.78 is 12.3. The van der Waals surface area contributed by atoms with Crippen molar-refractivity contribution in [1.29, 1.82) is 0 Å². The zero-order valence-corrected chi connectivity index (χ0v) is 7.43. The highest BCUT2D eigenvalue weighted by atomic mass is 16.7. The molecule has 0 fully saturated rings. The Hall–Kier alpha value is -0.870. The quantitative estimate of drug-likeness (QED) is 0.616. The van der Waals surface area contributed by atoms with Gasteiger partial charge in [0, 0.05) is 26.1 Å². The molecule has 1 heterocycles. The zero-order chi connectivity index (χ0) is 8.81. The number of hydrogen-bond acceptors (Lipinski definition) is 3. The Morgan fingerprint density at radius 2 is 2.42 bits per heavy atom. The van der Waals surface area contributed by atoms with E-state index < -0.39 is 0 Å². The van der Waals surface area contributed by atoms with Crippen molar-refractivity contribution >= 4 is 0 Å². The lowest BCUT2D eigenvalue weighted by Gasteiger charge is -2.14. The normalized spacial score (nSPS) is 13.2. The zero-order valence-electron chi connectivity index (χ0n) is 7.43. The summed E-state index contributed by atoms with van der Waals surface area (Å²) in [6.45, 7) is 3.29. The van der Waals surface area contributed by atoms with E-state index in [0.717, 1.165) is 0 Å². The molecule has 0 aromatic carbocycles. The summed E-state index contributed by atoms with van der Waals surface area (Å²) in [6.07, 6.45) is 5.18. The first-order chi connectivity index (χ1) is 5.86. The van der Waals surface area contributed by atoms with E-state index in [-0.39, 0.29) is 6.29 Å². The van der Waals surface area contributed by atoms with E-state index in [1.165, 1.54) is 0 Å². The van der Waals surface area contributed by atoms with Crippen LogP contribution in [0.5, 0.6) is 0 Å². The van der Waals surface area contributed by atoms with Crippen molar-refractivity contribution in [3.63, 3.8) is 0 Å². The van der Waals surface area contributed by atoms with Crippen LogP contribution in [0, 0.1) is 0 Å². The second kappa shape index (κ2) is 4.90. The minimum atomic E-state index is -0.177. The third-order valence-electron chi connectivity index (χ3n) is 1.53. The minimum Gasteiger partial charge on any atom is -0.354 e. The molecule has 1 rings (SSSR count). The Morgan fingerprint density at radius 3 is 2.92 bits per heavy atom. The summed E-state index contributed by atoms with van der Waals surface area (Å²) in [5.41, 5.74) is 0. The molecule has 4 nitrogen and oxygen atoms in total. The first-order valence-corrected chi connectivity index (χ1v) is 3.97. The van der Waals surface area contributed by atoms with E-state index in [1.807, 2.05) is 17.7 Å². The van der Waals surface area contributed by atoms with Gasteiger partial charge < -0.3 is 14.0 Å². The standard InChI is InChI=1S/C8H14N2O2/c1-3-12-8(11-2)6-10-5-4-9-7-10/h4-5,7-8H,3,6H2,1-2H3/t8-/m0/s1. The highest BCUT2D eigenvalue weighted by Gasteiger charge is 2.05. The lowest BCUT2D eigenvalue weighted by Crippen LogP contribution is -2.21. The molecule has 4 heteroatoms. The van der Waals surface area contributed by atoms with Gasteiger partial charge in [-0.05, 0) is 6.92 Å². The van der Waals surface area contributed by atoms with E-state index in [4.69, 9.17) is 9.47 Å². The number of nitrogens with zero attached hydrogens (tertiary/aromatic N) is 2. The number of rotatable bonds is 5. The van der Waals surface area contributed by atoms with Gasteiger partial charge >= 0.3 is 0 Å².